The molecule has 1 heterocycles. The molecule has 5 nitrogen and oxygen atoms in total. The summed E-state index contributed by atoms with van der Waals surface area (Å²) >= 11 is 9.39. The van der Waals surface area contributed by atoms with Crippen molar-refractivity contribution in [1.82, 2.24) is 9.78 Å². The summed E-state index contributed by atoms with van der Waals surface area (Å²) in [5.74, 6) is 0.159. The van der Waals surface area contributed by atoms with E-state index in [2.05, 4.69) is 26.3 Å². The highest BCUT2D eigenvalue weighted by Crippen LogP contribution is 2.24. The van der Waals surface area contributed by atoms with Crippen LogP contribution in [0.1, 0.15) is 15.9 Å². The zero-order chi connectivity index (χ0) is 18.7. The molecule has 0 saturated carbocycles. The van der Waals surface area contributed by atoms with Gasteiger partial charge in [0.15, 0.2) is 5.82 Å². The highest BCUT2D eigenvalue weighted by Gasteiger charge is 2.14. The Kier molecular flexibility index (Phi) is 5.58. The van der Waals surface area contributed by atoms with E-state index in [0.29, 0.717) is 32.2 Å². The average molecular weight is 439 g/mol. The van der Waals surface area contributed by atoms with Crippen LogP contribution < -0.4 is 10.1 Å². The van der Waals surface area contributed by atoms with Crippen LogP contribution in [0.2, 0.25) is 5.02 Å². The Morgan fingerprint density at radius 1 is 1.35 bits per heavy atom. The van der Waals surface area contributed by atoms with Gasteiger partial charge in [-0.1, -0.05) is 23.7 Å². The van der Waals surface area contributed by atoms with Crippen LogP contribution in [0, 0.1) is 5.82 Å². The Hall–Kier alpha value is -2.38. The van der Waals surface area contributed by atoms with E-state index >= 15 is 0 Å². The molecule has 1 aromatic heterocycles. The summed E-state index contributed by atoms with van der Waals surface area (Å²) in [5.41, 5.74) is 0.762. The lowest BCUT2D eigenvalue weighted by atomic mass is 10.2. The SMILES string of the molecule is COc1cccc(C(=O)Nc2nn(Cc3c(F)cccc3Cl)cc2Br)c1. The molecule has 0 spiro atoms. The Morgan fingerprint density at radius 3 is 2.85 bits per heavy atom. The van der Waals surface area contributed by atoms with Crippen LogP contribution in [-0.2, 0) is 6.54 Å². The number of aromatic nitrogens is 2. The molecule has 3 aromatic rings. The molecule has 0 aliphatic carbocycles. The molecule has 3 rings (SSSR count). The zero-order valence-electron chi connectivity index (χ0n) is 13.7. The summed E-state index contributed by atoms with van der Waals surface area (Å²) in [4.78, 5) is 12.4. The lowest BCUT2D eigenvalue weighted by Crippen LogP contribution is -2.13. The van der Waals surface area contributed by atoms with E-state index in [0.717, 1.165) is 0 Å². The minimum absolute atomic E-state index is 0.138. The molecule has 1 N–H and O–H groups in total. The molecular weight excluding hydrogens is 425 g/mol. The van der Waals surface area contributed by atoms with Gasteiger partial charge >= 0.3 is 0 Å². The number of carbonyl (C=O) groups excluding carboxylic acids is 1. The number of hydrogen-bond donors (Lipinski definition) is 1. The van der Waals surface area contributed by atoms with Gasteiger partial charge in [-0.3, -0.25) is 9.48 Å². The van der Waals surface area contributed by atoms with E-state index in [1.807, 2.05) is 0 Å². The van der Waals surface area contributed by atoms with Gasteiger partial charge in [-0.05, 0) is 46.3 Å². The van der Waals surface area contributed by atoms with Gasteiger partial charge in [-0.15, -0.1) is 0 Å². The molecule has 134 valence electrons. The van der Waals surface area contributed by atoms with Crippen molar-refractivity contribution in [2.75, 3.05) is 12.4 Å². The number of carbonyl (C=O) groups is 1. The third-order valence-electron chi connectivity index (χ3n) is 3.66. The first kappa shape index (κ1) is 18.4. The van der Waals surface area contributed by atoms with Gasteiger partial charge in [-0.25, -0.2) is 4.39 Å². The Balaban J connectivity index is 1.79. The number of nitrogens with one attached hydrogen (secondary N) is 1. The van der Waals surface area contributed by atoms with E-state index in [1.54, 1.807) is 42.6 Å². The maximum atomic E-state index is 13.9. The number of benzene rings is 2. The van der Waals surface area contributed by atoms with Crippen LogP contribution in [-0.4, -0.2) is 22.8 Å². The highest BCUT2D eigenvalue weighted by atomic mass is 79.9. The molecule has 0 unspecified atom stereocenters. The molecule has 8 heteroatoms. The number of amides is 1. The summed E-state index contributed by atoms with van der Waals surface area (Å²) < 4.78 is 21.1. The fraction of sp³-hybridized carbons (Fsp3) is 0.111. The van der Waals surface area contributed by atoms with E-state index in [-0.39, 0.29) is 12.5 Å². The third-order valence-corrected chi connectivity index (χ3v) is 4.60. The monoisotopic (exact) mass is 437 g/mol. The molecule has 0 aliphatic rings. The Labute approximate surface area is 162 Å². The van der Waals surface area contributed by atoms with Crippen molar-refractivity contribution in [2.24, 2.45) is 0 Å². The van der Waals surface area contributed by atoms with Crippen molar-refractivity contribution in [2.45, 2.75) is 6.54 Å². The first-order chi connectivity index (χ1) is 12.5. The van der Waals surface area contributed by atoms with Gasteiger partial charge in [0.2, 0.25) is 0 Å². The van der Waals surface area contributed by atoms with Gasteiger partial charge in [0.05, 0.1) is 18.1 Å². The van der Waals surface area contributed by atoms with Gasteiger partial charge < -0.3 is 10.1 Å². The average Bonchev–Trinajstić information content (AvgIpc) is 2.97. The Bertz CT molecular complexity index is 941. The lowest BCUT2D eigenvalue weighted by molar-refractivity contribution is 0.102. The van der Waals surface area contributed by atoms with Crippen molar-refractivity contribution in [3.8, 4) is 5.75 Å². The van der Waals surface area contributed by atoms with Crippen LogP contribution >= 0.6 is 27.5 Å². The molecule has 0 fully saturated rings. The summed E-state index contributed by atoms with van der Waals surface area (Å²) in [6, 6.07) is 11.3. The normalized spacial score (nSPS) is 10.6. The quantitative estimate of drug-likeness (QED) is 0.625. The lowest BCUT2D eigenvalue weighted by Gasteiger charge is -2.06. The predicted molar refractivity (Wildman–Crippen MR) is 101 cm³/mol. The summed E-state index contributed by atoms with van der Waals surface area (Å²) in [6.45, 7) is 0.138. The largest absolute Gasteiger partial charge is 0.497 e. The van der Waals surface area contributed by atoms with Crippen molar-refractivity contribution in [3.05, 3.63) is 75.1 Å². The number of hydrogen-bond acceptors (Lipinski definition) is 3. The van der Waals surface area contributed by atoms with Crippen LogP contribution in [0.3, 0.4) is 0 Å². The third kappa shape index (κ3) is 4.05. The topological polar surface area (TPSA) is 56.1 Å². The minimum Gasteiger partial charge on any atom is -0.497 e. The second-order valence-corrected chi connectivity index (χ2v) is 6.67. The number of halogens is 3. The van der Waals surface area contributed by atoms with Gasteiger partial charge in [-0.2, -0.15) is 5.10 Å². The molecule has 2 aromatic carbocycles. The fourth-order valence-electron chi connectivity index (χ4n) is 2.35. The number of rotatable bonds is 5. The molecule has 0 saturated heterocycles. The number of ether oxygens (including phenoxy) is 1. The zero-order valence-corrected chi connectivity index (χ0v) is 16.0. The molecule has 0 bridgehead atoms. The van der Waals surface area contributed by atoms with Crippen LogP contribution in [0.5, 0.6) is 5.75 Å². The highest BCUT2D eigenvalue weighted by molar-refractivity contribution is 9.10. The second-order valence-electron chi connectivity index (χ2n) is 5.41. The van der Waals surface area contributed by atoms with Crippen molar-refractivity contribution >= 4 is 39.3 Å². The standard InChI is InChI=1S/C18H14BrClFN3O2/c1-26-12-5-2-4-11(8-12)18(25)22-17-14(19)10-24(23-17)9-13-15(20)6-3-7-16(13)21/h2-8,10H,9H2,1H3,(H,22,23,25). The first-order valence-electron chi connectivity index (χ1n) is 7.59. The van der Waals surface area contributed by atoms with E-state index in [4.69, 9.17) is 16.3 Å². The number of methoxy groups -OCH3 is 1. The fourth-order valence-corrected chi connectivity index (χ4v) is 2.99. The van der Waals surface area contributed by atoms with Crippen molar-refractivity contribution in [1.29, 1.82) is 0 Å². The van der Waals surface area contributed by atoms with Gasteiger partial charge in [0.25, 0.3) is 5.91 Å². The molecule has 0 atom stereocenters. The van der Waals surface area contributed by atoms with Crippen LogP contribution in [0.15, 0.2) is 53.1 Å². The molecule has 0 radical (unpaired) electrons. The first-order valence-corrected chi connectivity index (χ1v) is 8.76. The van der Waals surface area contributed by atoms with E-state index in [1.165, 1.54) is 17.9 Å². The Morgan fingerprint density at radius 2 is 2.12 bits per heavy atom. The predicted octanol–water partition coefficient (Wildman–Crippen LogP) is 4.75. The molecule has 1 amide bonds. The smallest absolute Gasteiger partial charge is 0.257 e. The number of anilines is 1. The summed E-state index contributed by atoms with van der Waals surface area (Å²) in [5, 5.41) is 7.31. The van der Waals surface area contributed by atoms with Crippen LogP contribution in [0.4, 0.5) is 10.2 Å². The molecule has 0 aliphatic heterocycles. The maximum Gasteiger partial charge on any atom is 0.257 e. The summed E-state index contributed by atoms with van der Waals surface area (Å²) in [7, 11) is 1.53. The molecule has 26 heavy (non-hydrogen) atoms. The van der Waals surface area contributed by atoms with E-state index in [9.17, 15) is 9.18 Å². The van der Waals surface area contributed by atoms with Gasteiger partial charge in [0, 0.05) is 22.3 Å². The molecular formula is C18H14BrClFN3O2. The van der Waals surface area contributed by atoms with Crippen LogP contribution in [0.25, 0.3) is 0 Å². The summed E-state index contributed by atoms with van der Waals surface area (Å²) in [6.07, 6.45) is 1.64. The minimum atomic E-state index is -0.411. The van der Waals surface area contributed by atoms with Crippen molar-refractivity contribution < 1.29 is 13.9 Å². The second kappa shape index (κ2) is 7.88. The van der Waals surface area contributed by atoms with E-state index < -0.39 is 5.82 Å². The van der Waals surface area contributed by atoms with Gasteiger partial charge in [0.1, 0.15) is 11.6 Å². The number of nitrogens with zero attached hydrogens (tertiary/aromatic N) is 2. The van der Waals surface area contributed by atoms with Crippen molar-refractivity contribution in [3.63, 3.8) is 0 Å². The maximum absolute atomic E-state index is 13.9.